The maximum absolute atomic E-state index is 12.0. The van der Waals surface area contributed by atoms with Crippen molar-refractivity contribution in [3.8, 4) is 0 Å². The van der Waals surface area contributed by atoms with E-state index in [0.717, 1.165) is 25.7 Å². The Morgan fingerprint density at radius 2 is 1.83 bits per heavy atom. The monoisotopic (exact) mass is 328 g/mol. The predicted octanol–water partition coefficient (Wildman–Crippen LogP) is 2.00. The van der Waals surface area contributed by atoms with E-state index in [4.69, 9.17) is 9.84 Å². The second-order valence-corrected chi connectivity index (χ2v) is 6.97. The molecular formula is C16H28N2O5. The number of amides is 2. The summed E-state index contributed by atoms with van der Waals surface area (Å²) in [6.07, 6.45) is 3.57. The highest BCUT2D eigenvalue weighted by Gasteiger charge is 2.26. The number of ether oxygens (including phenoxy) is 1. The maximum atomic E-state index is 12.0. The maximum Gasteiger partial charge on any atom is 0.410 e. The molecule has 7 heteroatoms. The van der Waals surface area contributed by atoms with Gasteiger partial charge in [0.05, 0.1) is 0 Å². The number of carboxylic acids is 1. The molecule has 2 N–H and O–H groups in total. The first-order chi connectivity index (χ1) is 10.7. The normalized spacial score (nSPS) is 16.0. The highest BCUT2D eigenvalue weighted by molar-refractivity contribution is 5.80. The summed E-state index contributed by atoms with van der Waals surface area (Å²) in [4.78, 5) is 35.5. The Bertz CT molecular complexity index is 423. The summed E-state index contributed by atoms with van der Waals surface area (Å²) in [7, 11) is 0. The van der Waals surface area contributed by atoms with Gasteiger partial charge < -0.3 is 20.1 Å². The quantitative estimate of drug-likeness (QED) is 0.777. The molecule has 1 rings (SSSR count). The fourth-order valence-corrected chi connectivity index (χ4v) is 2.54. The van der Waals surface area contributed by atoms with Crippen molar-refractivity contribution < 1.29 is 24.2 Å². The molecule has 0 aromatic rings. The molecule has 7 nitrogen and oxygen atoms in total. The van der Waals surface area contributed by atoms with Crippen molar-refractivity contribution in [2.75, 3.05) is 19.6 Å². The molecule has 0 atom stereocenters. The molecule has 0 aliphatic carbocycles. The van der Waals surface area contributed by atoms with Crippen molar-refractivity contribution in [2.24, 2.45) is 5.92 Å². The van der Waals surface area contributed by atoms with E-state index in [1.165, 1.54) is 0 Å². The van der Waals surface area contributed by atoms with Gasteiger partial charge >= 0.3 is 12.1 Å². The lowest BCUT2D eigenvalue weighted by Crippen LogP contribution is -2.41. The number of rotatable bonds is 6. The van der Waals surface area contributed by atoms with Gasteiger partial charge in [0.2, 0.25) is 5.91 Å². The van der Waals surface area contributed by atoms with Crippen LogP contribution in [0.4, 0.5) is 4.79 Å². The van der Waals surface area contributed by atoms with Gasteiger partial charge in [-0.15, -0.1) is 0 Å². The third-order valence-electron chi connectivity index (χ3n) is 3.72. The summed E-state index contributed by atoms with van der Waals surface area (Å²) in [6.45, 7) is 6.61. The van der Waals surface area contributed by atoms with Crippen LogP contribution >= 0.6 is 0 Å². The van der Waals surface area contributed by atoms with Crippen molar-refractivity contribution in [3.05, 3.63) is 0 Å². The van der Waals surface area contributed by atoms with E-state index in [2.05, 4.69) is 5.32 Å². The summed E-state index contributed by atoms with van der Waals surface area (Å²) >= 11 is 0. The van der Waals surface area contributed by atoms with Gasteiger partial charge in [0.15, 0.2) is 0 Å². The Balaban J connectivity index is 2.18. The van der Waals surface area contributed by atoms with Gasteiger partial charge in [-0.3, -0.25) is 9.59 Å². The number of hydrogen-bond acceptors (Lipinski definition) is 4. The molecule has 1 fully saturated rings. The Morgan fingerprint density at radius 3 is 2.35 bits per heavy atom. The topological polar surface area (TPSA) is 95.9 Å². The standard InChI is InChI=1S/C16H28N2O5/c1-16(2,3)23-15(22)18-9-7-12(8-10-18)5-4-6-13(19)17-11-14(20)21/h12H,4-11H2,1-3H3,(H,17,19)(H,20,21). The molecular weight excluding hydrogens is 300 g/mol. The van der Waals surface area contributed by atoms with Gasteiger partial charge in [-0.2, -0.15) is 0 Å². The van der Waals surface area contributed by atoms with Gasteiger partial charge in [0.25, 0.3) is 0 Å². The molecule has 1 aliphatic heterocycles. The summed E-state index contributed by atoms with van der Waals surface area (Å²) in [6, 6.07) is 0. The fraction of sp³-hybridized carbons (Fsp3) is 0.812. The molecule has 0 aromatic carbocycles. The van der Waals surface area contributed by atoms with E-state index in [1.54, 1.807) is 4.90 Å². The molecule has 0 spiro atoms. The van der Waals surface area contributed by atoms with E-state index in [-0.39, 0.29) is 18.5 Å². The first-order valence-electron chi connectivity index (χ1n) is 8.14. The van der Waals surface area contributed by atoms with Crippen molar-refractivity contribution >= 4 is 18.0 Å². The zero-order chi connectivity index (χ0) is 17.5. The minimum absolute atomic E-state index is 0.224. The van der Waals surface area contributed by atoms with Crippen LogP contribution in [0.3, 0.4) is 0 Å². The molecule has 0 aromatic heterocycles. The fourth-order valence-electron chi connectivity index (χ4n) is 2.54. The van der Waals surface area contributed by atoms with Crippen LogP contribution < -0.4 is 5.32 Å². The Labute approximate surface area is 137 Å². The predicted molar refractivity (Wildman–Crippen MR) is 85.0 cm³/mol. The number of nitrogens with one attached hydrogen (secondary N) is 1. The number of likely N-dealkylation sites (tertiary alicyclic amines) is 1. The highest BCUT2D eigenvalue weighted by Crippen LogP contribution is 2.23. The Kier molecular flexibility index (Phi) is 7.32. The first-order valence-corrected chi connectivity index (χ1v) is 8.14. The lowest BCUT2D eigenvalue weighted by Gasteiger charge is -2.33. The smallest absolute Gasteiger partial charge is 0.410 e. The third-order valence-corrected chi connectivity index (χ3v) is 3.72. The van der Waals surface area contributed by atoms with Crippen LogP contribution in [0.5, 0.6) is 0 Å². The van der Waals surface area contributed by atoms with Gasteiger partial charge in [-0.1, -0.05) is 0 Å². The minimum Gasteiger partial charge on any atom is -0.480 e. The van der Waals surface area contributed by atoms with Gasteiger partial charge in [-0.25, -0.2) is 4.79 Å². The zero-order valence-corrected chi connectivity index (χ0v) is 14.3. The second kappa shape index (κ2) is 8.74. The lowest BCUT2D eigenvalue weighted by molar-refractivity contribution is -0.137. The molecule has 1 aliphatic rings. The van der Waals surface area contributed by atoms with Crippen LogP contribution in [0.2, 0.25) is 0 Å². The summed E-state index contributed by atoms with van der Waals surface area (Å²) in [5.74, 6) is -0.757. The Hall–Kier alpha value is -1.79. The SMILES string of the molecule is CC(C)(C)OC(=O)N1CCC(CCCC(=O)NCC(=O)O)CC1. The summed E-state index contributed by atoms with van der Waals surface area (Å²) in [5, 5.41) is 10.8. The van der Waals surface area contributed by atoms with Crippen LogP contribution in [0.1, 0.15) is 52.9 Å². The molecule has 2 amide bonds. The first kappa shape index (κ1) is 19.3. The molecule has 0 radical (unpaired) electrons. The van der Waals surface area contributed by atoms with E-state index in [0.29, 0.717) is 25.4 Å². The zero-order valence-electron chi connectivity index (χ0n) is 14.3. The second-order valence-electron chi connectivity index (χ2n) is 6.97. The number of hydrogen-bond donors (Lipinski definition) is 2. The van der Waals surface area contributed by atoms with Gasteiger partial charge in [0.1, 0.15) is 12.1 Å². The third kappa shape index (κ3) is 8.42. The van der Waals surface area contributed by atoms with Crippen LogP contribution in [0, 0.1) is 5.92 Å². The molecule has 0 unspecified atom stereocenters. The van der Waals surface area contributed by atoms with Crippen LogP contribution in [0.15, 0.2) is 0 Å². The molecule has 1 heterocycles. The van der Waals surface area contributed by atoms with Gasteiger partial charge in [-0.05, 0) is 52.4 Å². The van der Waals surface area contributed by atoms with Crippen molar-refractivity contribution in [1.82, 2.24) is 10.2 Å². The van der Waals surface area contributed by atoms with E-state index in [1.807, 2.05) is 20.8 Å². The molecule has 23 heavy (non-hydrogen) atoms. The highest BCUT2D eigenvalue weighted by atomic mass is 16.6. The van der Waals surface area contributed by atoms with Crippen molar-refractivity contribution in [1.29, 1.82) is 0 Å². The number of nitrogens with zero attached hydrogens (tertiary/aromatic N) is 1. The molecule has 132 valence electrons. The number of carbonyl (C=O) groups excluding carboxylic acids is 2. The van der Waals surface area contributed by atoms with Crippen LogP contribution in [-0.2, 0) is 14.3 Å². The average molecular weight is 328 g/mol. The van der Waals surface area contributed by atoms with Crippen LogP contribution in [0.25, 0.3) is 0 Å². The number of carboxylic acid groups (broad SMARTS) is 1. The average Bonchev–Trinajstić information content (AvgIpc) is 2.44. The van der Waals surface area contributed by atoms with Crippen LogP contribution in [-0.4, -0.2) is 53.2 Å². The largest absolute Gasteiger partial charge is 0.480 e. The number of aliphatic carboxylic acids is 1. The van der Waals surface area contributed by atoms with Crippen molar-refractivity contribution in [3.63, 3.8) is 0 Å². The lowest BCUT2D eigenvalue weighted by atomic mass is 9.91. The van der Waals surface area contributed by atoms with E-state index < -0.39 is 11.6 Å². The molecule has 0 saturated carbocycles. The van der Waals surface area contributed by atoms with E-state index in [9.17, 15) is 14.4 Å². The minimum atomic E-state index is -1.03. The van der Waals surface area contributed by atoms with Gasteiger partial charge in [0, 0.05) is 19.5 Å². The summed E-state index contributed by atoms with van der Waals surface area (Å²) < 4.78 is 5.36. The molecule has 0 bridgehead atoms. The Morgan fingerprint density at radius 1 is 1.22 bits per heavy atom. The summed E-state index contributed by atoms with van der Waals surface area (Å²) in [5.41, 5.74) is -0.475. The van der Waals surface area contributed by atoms with Crippen molar-refractivity contribution in [2.45, 2.75) is 58.5 Å². The van der Waals surface area contributed by atoms with E-state index >= 15 is 0 Å². The number of piperidine rings is 1. The number of carbonyl (C=O) groups is 3. The molecule has 1 saturated heterocycles.